The standard InChI is InChI=1S/C15H23N3O2S2/c1-17(2)18(14-9-11-22(19,20)12-14)15(21)16-10-8-13-6-4-3-5-7-13/h3-7,14H,8-12H2,1-2H3,(H,16,21)/t14-/m1/s1. The van der Waals surface area contributed by atoms with Crippen LogP contribution in [0.4, 0.5) is 0 Å². The maximum absolute atomic E-state index is 11.7. The quantitative estimate of drug-likeness (QED) is 0.639. The van der Waals surface area contributed by atoms with Crippen LogP contribution in [0.1, 0.15) is 12.0 Å². The lowest BCUT2D eigenvalue weighted by atomic mass is 10.1. The monoisotopic (exact) mass is 341 g/mol. The van der Waals surface area contributed by atoms with E-state index in [1.807, 2.05) is 42.3 Å². The Labute approximate surface area is 138 Å². The molecule has 2 rings (SSSR count). The first-order valence-electron chi connectivity index (χ1n) is 7.38. The van der Waals surface area contributed by atoms with Gasteiger partial charge in [0.25, 0.3) is 0 Å². The van der Waals surface area contributed by atoms with E-state index in [4.69, 9.17) is 12.2 Å². The normalized spacial score (nSPS) is 20.0. The smallest absolute Gasteiger partial charge is 0.183 e. The van der Waals surface area contributed by atoms with Crippen molar-refractivity contribution in [2.45, 2.75) is 18.9 Å². The summed E-state index contributed by atoms with van der Waals surface area (Å²) in [7, 11) is 0.843. The molecule has 1 aliphatic heterocycles. The largest absolute Gasteiger partial charge is 0.361 e. The lowest BCUT2D eigenvalue weighted by molar-refractivity contribution is 0.0714. The number of nitrogens with zero attached hydrogens (tertiary/aromatic N) is 2. The van der Waals surface area contributed by atoms with Crippen molar-refractivity contribution in [3.05, 3.63) is 35.9 Å². The molecule has 1 heterocycles. The van der Waals surface area contributed by atoms with Crippen LogP contribution in [0.2, 0.25) is 0 Å². The average molecular weight is 342 g/mol. The van der Waals surface area contributed by atoms with Crippen molar-refractivity contribution in [1.29, 1.82) is 0 Å². The SMILES string of the molecule is CN(C)N(C(=S)NCCc1ccccc1)[C@@H]1CCS(=O)(=O)C1. The molecule has 1 N–H and O–H groups in total. The van der Waals surface area contributed by atoms with Gasteiger partial charge >= 0.3 is 0 Å². The van der Waals surface area contributed by atoms with Crippen LogP contribution in [0.3, 0.4) is 0 Å². The van der Waals surface area contributed by atoms with E-state index in [9.17, 15) is 8.42 Å². The summed E-state index contributed by atoms with van der Waals surface area (Å²) < 4.78 is 23.4. The van der Waals surface area contributed by atoms with Gasteiger partial charge < -0.3 is 5.32 Å². The summed E-state index contributed by atoms with van der Waals surface area (Å²) in [5.41, 5.74) is 1.25. The molecular weight excluding hydrogens is 318 g/mol. The van der Waals surface area contributed by atoms with Gasteiger partial charge in [-0.15, -0.1) is 0 Å². The van der Waals surface area contributed by atoms with Crippen LogP contribution < -0.4 is 5.32 Å². The fraction of sp³-hybridized carbons (Fsp3) is 0.533. The molecule has 0 radical (unpaired) electrons. The van der Waals surface area contributed by atoms with Crippen LogP contribution in [0.25, 0.3) is 0 Å². The zero-order valence-electron chi connectivity index (χ0n) is 13.0. The van der Waals surface area contributed by atoms with Crippen LogP contribution in [0.15, 0.2) is 30.3 Å². The van der Waals surface area contributed by atoms with Crippen LogP contribution in [-0.2, 0) is 16.3 Å². The third-order valence-electron chi connectivity index (χ3n) is 3.73. The molecule has 7 heteroatoms. The number of hydrogen-bond acceptors (Lipinski definition) is 4. The maximum Gasteiger partial charge on any atom is 0.183 e. The molecule has 1 saturated heterocycles. The molecule has 1 aromatic carbocycles. The van der Waals surface area contributed by atoms with E-state index in [0.29, 0.717) is 11.5 Å². The number of hydrogen-bond donors (Lipinski definition) is 1. The molecular formula is C15H23N3O2S2. The predicted molar refractivity (Wildman–Crippen MR) is 93.3 cm³/mol. The van der Waals surface area contributed by atoms with Gasteiger partial charge in [-0.3, -0.25) is 5.01 Å². The molecule has 5 nitrogen and oxygen atoms in total. The second-order valence-electron chi connectivity index (χ2n) is 5.72. The first-order chi connectivity index (χ1) is 10.4. The highest BCUT2D eigenvalue weighted by atomic mass is 32.2. The number of benzene rings is 1. The highest BCUT2D eigenvalue weighted by molar-refractivity contribution is 7.91. The van der Waals surface area contributed by atoms with E-state index in [-0.39, 0.29) is 17.5 Å². The number of nitrogens with one attached hydrogen (secondary N) is 1. The van der Waals surface area contributed by atoms with Crippen LogP contribution in [0, 0.1) is 0 Å². The van der Waals surface area contributed by atoms with Crippen molar-refractivity contribution in [2.75, 3.05) is 32.1 Å². The summed E-state index contributed by atoms with van der Waals surface area (Å²) in [6.45, 7) is 0.729. The van der Waals surface area contributed by atoms with Gasteiger partial charge in [0, 0.05) is 20.6 Å². The van der Waals surface area contributed by atoms with Gasteiger partial charge in [0.2, 0.25) is 0 Å². The van der Waals surface area contributed by atoms with Gasteiger partial charge in [0.15, 0.2) is 14.9 Å². The fourth-order valence-corrected chi connectivity index (χ4v) is 4.79. The van der Waals surface area contributed by atoms with Crippen molar-refractivity contribution < 1.29 is 8.42 Å². The third kappa shape index (κ3) is 4.66. The first kappa shape index (κ1) is 17.2. The minimum atomic E-state index is -2.93. The minimum absolute atomic E-state index is 0.0725. The Hall–Kier alpha value is -1.18. The fourth-order valence-electron chi connectivity index (χ4n) is 2.68. The van der Waals surface area contributed by atoms with Crippen LogP contribution >= 0.6 is 12.2 Å². The Kier molecular flexibility index (Phi) is 5.77. The van der Waals surface area contributed by atoms with Crippen LogP contribution in [-0.4, -0.2) is 61.7 Å². The molecule has 0 spiro atoms. The van der Waals surface area contributed by atoms with Crippen LogP contribution in [0.5, 0.6) is 0 Å². The van der Waals surface area contributed by atoms with Crippen molar-refractivity contribution in [1.82, 2.24) is 15.3 Å². The summed E-state index contributed by atoms with van der Waals surface area (Å²) >= 11 is 5.46. The van der Waals surface area contributed by atoms with E-state index >= 15 is 0 Å². The second-order valence-corrected chi connectivity index (χ2v) is 8.33. The highest BCUT2D eigenvalue weighted by Gasteiger charge is 2.34. The molecule has 122 valence electrons. The summed E-state index contributed by atoms with van der Waals surface area (Å²) in [4.78, 5) is 0. The molecule has 0 unspecified atom stereocenters. The van der Waals surface area contributed by atoms with E-state index in [1.54, 1.807) is 0 Å². The highest BCUT2D eigenvalue weighted by Crippen LogP contribution is 2.18. The van der Waals surface area contributed by atoms with Gasteiger partial charge in [-0.25, -0.2) is 13.4 Å². The second kappa shape index (κ2) is 7.39. The Bertz CT molecular complexity index is 602. The van der Waals surface area contributed by atoms with Gasteiger partial charge in [0.1, 0.15) is 0 Å². The minimum Gasteiger partial charge on any atom is -0.361 e. The van der Waals surface area contributed by atoms with Crippen molar-refractivity contribution in [3.8, 4) is 0 Å². The molecule has 1 fully saturated rings. The molecule has 1 aliphatic rings. The Balaban J connectivity index is 1.90. The molecule has 0 saturated carbocycles. The topological polar surface area (TPSA) is 52.6 Å². The summed E-state index contributed by atoms with van der Waals surface area (Å²) in [5.74, 6) is 0.417. The Morgan fingerprint density at radius 3 is 2.55 bits per heavy atom. The molecule has 0 aliphatic carbocycles. The molecule has 0 amide bonds. The van der Waals surface area contributed by atoms with Crippen molar-refractivity contribution >= 4 is 27.2 Å². The van der Waals surface area contributed by atoms with Crippen molar-refractivity contribution in [3.63, 3.8) is 0 Å². The number of rotatable bonds is 5. The van der Waals surface area contributed by atoms with Crippen molar-refractivity contribution in [2.24, 2.45) is 0 Å². The summed E-state index contributed by atoms with van der Waals surface area (Å²) in [5, 5.41) is 7.57. The van der Waals surface area contributed by atoms with Gasteiger partial charge in [-0.1, -0.05) is 30.3 Å². The van der Waals surface area contributed by atoms with Gasteiger partial charge in [-0.2, -0.15) is 0 Å². The zero-order valence-corrected chi connectivity index (χ0v) is 14.7. The van der Waals surface area contributed by atoms with E-state index in [0.717, 1.165) is 13.0 Å². The number of hydrazine groups is 1. The van der Waals surface area contributed by atoms with E-state index < -0.39 is 9.84 Å². The molecule has 0 bridgehead atoms. The first-order valence-corrected chi connectivity index (χ1v) is 9.60. The zero-order chi connectivity index (χ0) is 16.2. The van der Waals surface area contributed by atoms with Gasteiger partial charge in [0.05, 0.1) is 17.5 Å². The lowest BCUT2D eigenvalue weighted by Crippen LogP contribution is -2.53. The van der Waals surface area contributed by atoms with Gasteiger partial charge in [-0.05, 0) is 30.6 Å². The number of thiocarbonyl (C=S) groups is 1. The maximum atomic E-state index is 11.7. The molecule has 22 heavy (non-hydrogen) atoms. The summed E-state index contributed by atoms with van der Waals surface area (Å²) in [6.07, 6.45) is 1.51. The average Bonchev–Trinajstić information content (AvgIpc) is 2.79. The third-order valence-corrected chi connectivity index (χ3v) is 5.81. The Morgan fingerprint density at radius 1 is 1.32 bits per heavy atom. The lowest BCUT2D eigenvalue weighted by Gasteiger charge is -2.36. The van der Waals surface area contributed by atoms with E-state index in [2.05, 4.69) is 17.4 Å². The number of sulfone groups is 1. The predicted octanol–water partition coefficient (Wildman–Crippen LogP) is 1.07. The molecule has 0 aromatic heterocycles. The molecule has 1 aromatic rings. The molecule has 1 atom stereocenters. The van der Waals surface area contributed by atoms with E-state index in [1.165, 1.54) is 5.56 Å². The Morgan fingerprint density at radius 2 is 2.00 bits per heavy atom. The summed E-state index contributed by atoms with van der Waals surface area (Å²) in [6, 6.07) is 10.1.